The maximum absolute atomic E-state index is 13.9. The summed E-state index contributed by atoms with van der Waals surface area (Å²) >= 11 is 0. The molecular formula is C22H18F3N3O6. The van der Waals surface area contributed by atoms with E-state index in [0.717, 1.165) is 6.07 Å². The summed E-state index contributed by atoms with van der Waals surface area (Å²) < 4.78 is 51.9. The molecule has 3 aromatic carbocycles. The van der Waals surface area contributed by atoms with Crippen LogP contribution in [0, 0.1) is 0 Å². The van der Waals surface area contributed by atoms with E-state index in [1.54, 1.807) is 0 Å². The molecule has 1 atom stereocenters. The quantitative estimate of drug-likeness (QED) is 0.367. The third-order valence-electron chi connectivity index (χ3n) is 5.19. The van der Waals surface area contributed by atoms with Crippen LogP contribution >= 0.6 is 0 Å². The van der Waals surface area contributed by atoms with E-state index < -0.39 is 46.1 Å². The van der Waals surface area contributed by atoms with E-state index in [0.29, 0.717) is 0 Å². The Bertz CT molecular complexity index is 1350. The van der Waals surface area contributed by atoms with E-state index in [1.807, 2.05) is 0 Å². The molecule has 1 aliphatic heterocycles. The number of anilines is 3. The van der Waals surface area contributed by atoms with Gasteiger partial charge in [0, 0.05) is 14.1 Å². The molecule has 0 spiro atoms. The lowest BCUT2D eigenvalue weighted by Crippen LogP contribution is -2.40. The number of phenols is 1. The molecule has 0 fully saturated rings. The van der Waals surface area contributed by atoms with Gasteiger partial charge >= 0.3 is 6.18 Å². The van der Waals surface area contributed by atoms with Crippen molar-refractivity contribution in [2.45, 2.75) is 12.2 Å². The standard InChI is InChI=1S/C22H18F3N3O6/c1-28(2)21(32)11-4-3-5-12(17(11)29)26-15-16(19(31)18(15)30)27-20(22(23,24)25)10-6-7-13-14(8-10)34-9-33-13/h3-8,20,26-27,29H,9H2,1-2H3/t20-/m0/s1. The van der Waals surface area contributed by atoms with Crippen LogP contribution in [0.15, 0.2) is 46.0 Å². The summed E-state index contributed by atoms with van der Waals surface area (Å²) in [4.78, 5) is 37.7. The molecule has 0 saturated heterocycles. The van der Waals surface area contributed by atoms with Gasteiger partial charge in [-0.15, -0.1) is 0 Å². The van der Waals surface area contributed by atoms with Crippen molar-refractivity contribution in [3.05, 3.63) is 68.0 Å². The van der Waals surface area contributed by atoms with Crippen LogP contribution in [0.5, 0.6) is 17.2 Å². The zero-order valence-corrected chi connectivity index (χ0v) is 17.8. The normalized spacial score (nSPS) is 13.6. The highest BCUT2D eigenvalue weighted by atomic mass is 19.4. The molecule has 0 aromatic heterocycles. The lowest BCUT2D eigenvalue weighted by atomic mass is 10.0. The molecule has 0 saturated carbocycles. The molecular weight excluding hydrogens is 459 g/mol. The third-order valence-corrected chi connectivity index (χ3v) is 5.19. The zero-order valence-electron chi connectivity index (χ0n) is 17.8. The van der Waals surface area contributed by atoms with Crippen LogP contribution in [0.25, 0.3) is 0 Å². The third kappa shape index (κ3) is 3.98. The largest absolute Gasteiger partial charge is 0.505 e. The Morgan fingerprint density at radius 1 is 1.06 bits per heavy atom. The summed E-state index contributed by atoms with van der Waals surface area (Å²) in [6, 6.07) is 5.31. The molecule has 34 heavy (non-hydrogen) atoms. The van der Waals surface area contributed by atoms with E-state index >= 15 is 0 Å². The van der Waals surface area contributed by atoms with Gasteiger partial charge in [0.25, 0.3) is 16.8 Å². The van der Waals surface area contributed by atoms with Crippen molar-refractivity contribution in [1.82, 2.24) is 4.90 Å². The number of halogens is 3. The molecule has 9 nitrogen and oxygen atoms in total. The summed E-state index contributed by atoms with van der Waals surface area (Å²) in [7, 11) is 2.93. The van der Waals surface area contributed by atoms with Crippen LogP contribution in [0.3, 0.4) is 0 Å². The summed E-state index contributed by atoms with van der Waals surface area (Å²) in [6.07, 6.45) is -4.84. The van der Waals surface area contributed by atoms with Crippen molar-refractivity contribution < 1.29 is 32.5 Å². The predicted molar refractivity (Wildman–Crippen MR) is 116 cm³/mol. The highest BCUT2D eigenvalue weighted by Crippen LogP contribution is 2.41. The van der Waals surface area contributed by atoms with Gasteiger partial charge in [0.2, 0.25) is 6.79 Å². The van der Waals surface area contributed by atoms with Crippen molar-refractivity contribution in [2.24, 2.45) is 0 Å². The average molecular weight is 477 g/mol. The minimum atomic E-state index is -4.84. The molecule has 3 N–H and O–H groups in total. The fraction of sp³-hybridized carbons (Fsp3) is 0.227. The molecule has 1 heterocycles. The summed E-state index contributed by atoms with van der Waals surface area (Å²) in [5.41, 5.74) is -3.79. The van der Waals surface area contributed by atoms with Crippen LogP contribution in [0.2, 0.25) is 0 Å². The maximum Gasteiger partial charge on any atom is 0.412 e. The number of aromatic hydroxyl groups is 1. The van der Waals surface area contributed by atoms with Crippen LogP contribution in [0.1, 0.15) is 22.0 Å². The number of benzene rings is 2. The first-order valence-corrected chi connectivity index (χ1v) is 9.85. The second kappa shape index (κ2) is 8.28. The van der Waals surface area contributed by atoms with E-state index in [1.165, 1.54) is 49.3 Å². The fourth-order valence-corrected chi connectivity index (χ4v) is 3.43. The van der Waals surface area contributed by atoms with Crippen LogP contribution < -0.4 is 31.0 Å². The first-order chi connectivity index (χ1) is 16.0. The first kappa shape index (κ1) is 23.0. The van der Waals surface area contributed by atoms with Gasteiger partial charge in [-0.3, -0.25) is 14.4 Å². The van der Waals surface area contributed by atoms with Gasteiger partial charge < -0.3 is 30.1 Å². The Labute approximate surface area is 190 Å². The molecule has 1 aliphatic rings. The Balaban J connectivity index is 1.67. The molecule has 12 heteroatoms. The van der Waals surface area contributed by atoms with Gasteiger partial charge in [-0.25, -0.2) is 0 Å². The molecule has 3 aromatic rings. The van der Waals surface area contributed by atoms with E-state index in [4.69, 9.17) is 9.47 Å². The number of fused-ring (bicyclic) bond motifs is 1. The number of alkyl halides is 3. The van der Waals surface area contributed by atoms with Gasteiger partial charge in [-0.1, -0.05) is 12.1 Å². The van der Waals surface area contributed by atoms with Crippen molar-refractivity contribution >= 4 is 23.0 Å². The number of nitrogens with zero attached hydrogens (tertiary/aromatic N) is 1. The molecule has 178 valence electrons. The number of rotatable bonds is 6. The van der Waals surface area contributed by atoms with Crippen molar-refractivity contribution in [1.29, 1.82) is 0 Å². The predicted octanol–water partition coefficient (Wildman–Crippen LogP) is 2.88. The second-order valence-corrected chi connectivity index (χ2v) is 7.67. The summed E-state index contributed by atoms with van der Waals surface area (Å²) in [5.74, 6) is -0.666. The van der Waals surface area contributed by atoms with Gasteiger partial charge in [-0.2, -0.15) is 13.2 Å². The van der Waals surface area contributed by atoms with Crippen molar-refractivity contribution in [2.75, 3.05) is 31.5 Å². The van der Waals surface area contributed by atoms with E-state index in [9.17, 15) is 32.7 Å². The number of ether oxygens (including phenoxy) is 2. The molecule has 4 rings (SSSR count). The Kier molecular flexibility index (Phi) is 5.59. The number of hydrogen-bond acceptors (Lipinski definition) is 8. The molecule has 0 unspecified atom stereocenters. The topological polar surface area (TPSA) is 117 Å². The maximum atomic E-state index is 13.9. The first-order valence-electron chi connectivity index (χ1n) is 9.85. The van der Waals surface area contributed by atoms with E-state index in [2.05, 4.69) is 10.6 Å². The number of carbonyl (C=O) groups is 1. The average Bonchev–Trinajstić information content (AvgIpc) is 3.25. The Morgan fingerprint density at radius 3 is 2.41 bits per heavy atom. The van der Waals surface area contributed by atoms with Crippen LogP contribution in [0.4, 0.5) is 30.2 Å². The van der Waals surface area contributed by atoms with Gasteiger partial charge in [0.1, 0.15) is 17.4 Å². The number of phenolic OH excluding ortho intramolecular Hbond substituents is 1. The van der Waals surface area contributed by atoms with Gasteiger partial charge in [-0.05, 0) is 29.8 Å². The SMILES string of the molecule is CN(C)C(=O)c1cccc(Nc2c(N[C@@H](c3ccc4c(c3)OCO4)C(F)(F)F)c(=O)c2=O)c1O. The number of para-hydroxylation sites is 1. The number of hydrogen-bond donors (Lipinski definition) is 3. The Morgan fingerprint density at radius 2 is 1.74 bits per heavy atom. The second-order valence-electron chi connectivity index (χ2n) is 7.67. The summed E-state index contributed by atoms with van der Waals surface area (Å²) in [5, 5.41) is 15.0. The summed E-state index contributed by atoms with van der Waals surface area (Å²) in [6.45, 7) is -0.131. The lowest BCUT2D eigenvalue weighted by Gasteiger charge is -2.25. The minimum Gasteiger partial charge on any atom is -0.505 e. The van der Waals surface area contributed by atoms with Crippen LogP contribution in [-0.2, 0) is 0 Å². The number of carbonyl (C=O) groups excluding carboxylic acids is 1. The molecule has 0 aliphatic carbocycles. The highest BCUT2D eigenvalue weighted by Gasteiger charge is 2.43. The van der Waals surface area contributed by atoms with Crippen molar-refractivity contribution in [3.63, 3.8) is 0 Å². The number of amides is 1. The van der Waals surface area contributed by atoms with E-state index in [-0.39, 0.29) is 35.1 Å². The zero-order chi connectivity index (χ0) is 24.8. The van der Waals surface area contributed by atoms with Gasteiger partial charge in [0.15, 0.2) is 17.2 Å². The molecule has 1 amide bonds. The van der Waals surface area contributed by atoms with Crippen molar-refractivity contribution in [3.8, 4) is 17.2 Å². The molecule has 0 radical (unpaired) electrons. The van der Waals surface area contributed by atoms with Gasteiger partial charge in [0.05, 0.1) is 11.3 Å². The molecule has 0 bridgehead atoms. The fourth-order valence-electron chi connectivity index (χ4n) is 3.43. The smallest absolute Gasteiger partial charge is 0.412 e. The lowest BCUT2D eigenvalue weighted by molar-refractivity contribution is -0.144. The number of nitrogens with one attached hydrogen (secondary N) is 2. The van der Waals surface area contributed by atoms with Crippen LogP contribution in [-0.4, -0.2) is 43.0 Å². The minimum absolute atomic E-state index is 0.100. The highest BCUT2D eigenvalue weighted by molar-refractivity contribution is 5.99. The monoisotopic (exact) mass is 477 g/mol. The Hall–Kier alpha value is -4.22.